The molecular formula is C17H17FN4O3. The maximum atomic E-state index is 13.8. The van der Waals surface area contributed by atoms with Crippen LogP contribution in [0.3, 0.4) is 0 Å². The molecule has 2 aliphatic rings. The van der Waals surface area contributed by atoms with E-state index in [1.807, 2.05) is 4.90 Å². The minimum Gasteiger partial charge on any atom is -0.481 e. The lowest BCUT2D eigenvalue weighted by molar-refractivity contribution is -0.149. The molecule has 2 fully saturated rings. The van der Waals surface area contributed by atoms with Crippen LogP contribution < -0.4 is 5.32 Å². The van der Waals surface area contributed by atoms with E-state index in [1.54, 1.807) is 29.2 Å². The number of carboxylic acids is 1. The molecule has 4 rings (SSSR count). The number of aromatic nitrogens is 2. The molecular weight excluding hydrogens is 327 g/mol. The van der Waals surface area contributed by atoms with Gasteiger partial charge in [-0.2, -0.15) is 5.10 Å². The number of aliphatic carboxylic acids is 1. The lowest BCUT2D eigenvalue weighted by Crippen LogP contribution is -2.40. The number of carbonyl (C=O) groups excluding carboxylic acids is 1. The zero-order valence-corrected chi connectivity index (χ0v) is 13.4. The average Bonchev–Trinajstić information content (AvgIpc) is 3.26. The van der Waals surface area contributed by atoms with E-state index in [0.29, 0.717) is 18.7 Å². The summed E-state index contributed by atoms with van der Waals surface area (Å²) in [5, 5.41) is 16.5. The number of benzene rings is 1. The maximum Gasteiger partial charge on any atom is 0.313 e. The molecule has 130 valence electrons. The molecule has 2 atom stereocenters. The van der Waals surface area contributed by atoms with Gasteiger partial charge in [0.1, 0.15) is 11.2 Å². The van der Waals surface area contributed by atoms with E-state index in [-0.39, 0.29) is 24.8 Å². The highest BCUT2D eigenvalue weighted by Crippen LogP contribution is 2.40. The van der Waals surface area contributed by atoms with Crippen molar-refractivity contribution in [2.75, 3.05) is 19.6 Å². The van der Waals surface area contributed by atoms with E-state index in [4.69, 9.17) is 0 Å². The molecule has 0 saturated carbocycles. The number of nitrogens with one attached hydrogen (secondary N) is 1. The van der Waals surface area contributed by atoms with Crippen LogP contribution >= 0.6 is 0 Å². The second kappa shape index (κ2) is 5.66. The number of hydrogen-bond donors (Lipinski definition) is 2. The molecule has 0 spiro atoms. The first-order valence-corrected chi connectivity index (χ1v) is 8.01. The fourth-order valence-electron chi connectivity index (χ4n) is 3.86. The van der Waals surface area contributed by atoms with Gasteiger partial charge in [-0.1, -0.05) is 0 Å². The summed E-state index contributed by atoms with van der Waals surface area (Å²) in [5.74, 6) is -2.14. The average molecular weight is 344 g/mol. The van der Waals surface area contributed by atoms with Gasteiger partial charge in [0.05, 0.1) is 11.6 Å². The molecule has 0 radical (unpaired) electrons. The van der Waals surface area contributed by atoms with Gasteiger partial charge in [-0.25, -0.2) is 9.07 Å². The quantitative estimate of drug-likeness (QED) is 0.850. The molecule has 2 N–H and O–H groups in total. The fourth-order valence-corrected chi connectivity index (χ4v) is 3.86. The van der Waals surface area contributed by atoms with Gasteiger partial charge in [-0.3, -0.25) is 14.5 Å². The third-order valence-electron chi connectivity index (χ3n) is 5.12. The zero-order chi connectivity index (χ0) is 17.6. The summed E-state index contributed by atoms with van der Waals surface area (Å²) < 4.78 is 15.4. The van der Waals surface area contributed by atoms with Crippen molar-refractivity contribution in [2.24, 2.45) is 11.3 Å². The Labute approximate surface area is 143 Å². The number of nitrogens with zero attached hydrogens (tertiary/aromatic N) is 3. The van der Waals surface area contributed by atoms with Crippen molar-refractivity contribution < 1.29 is 19.1 Å². The Morgan fingerprint density at radius 2 is 2.32 bits per heavy atom. The fraction of sp³-hybridized carbons (Fsp3) is 0.353. The molecule has 1 amide bonds. The van der Waals surface area contributed by atoms with Crippen molar-refractivity contribution in [1.82, 2.24) is 20.0 Å². The van der Waals surface area contributed by atoms with Crippen LogP contribution in [-0.4, -0.2) is 51.3 Å². The van der Waals surface area contributed by atoms with Crippen molar-refractivity contribution in [2.45, 2.75) is 6.54 Å². The first-order valence-electron chi connectivity index (χ1n) is 8.01. The molecule has 0 aliphatic carbocycles. The number of carboxylic acid groups (broad SMARTS) is 1. The predicted molar refractivity (Wildman–Crippen MR) is 85.4 cm³/mol. The maximum absolute atomic E-state index is 13.8. The van der Waals surface area contributed by atoms with Gasteiger partial charge < -0.3 is 10.4 Å². The van der Waals surface area contributed by atoms with E-state index >= 15 is 0 Å². The predicted octanol–water partition coefficient (Wildman–Crippen LogP) is 0.644. The van der Waals surface area contributed by atoms with Crippen LogP contribution in [0.4, 0.5) is 4.39 Å². The van der Waals surface area contributed by atoms with E-state index in [9.17, 15) is 19.1 Å². The Morgan fingerprint density at radius 1 is 1.48 bits per heavy atom. The van der Waals surface area contributed by atoms with Crippen molar-refractivity contribution in [3.05, 3.63) is 48.0 Å². The van der Waals surface area contributed by atoms with Gasteiger partial charge in [0.2, 0.25) is 5.91 Å². The summed E-state index contributed by atoms with van der Waals surface area (Å²) in [6, 6.07) is 6.22. The summed E-state index contributed by atoms with van der Waals surface area (Å²) in [5.41, 5.74) is 0.331. The molecule has 2 saturated heterocycles. The van der Waals surface area contributed by atoms with E-state index in [0.717, 1.165) is 5.69 Å². The zero-order valence-electron chi connectivity index (χ0n) is 13.4. The Bertz CT molecular complexity index is 838. The largest absolute Gasteiger partial charge is 0.481 e. The van der Waals surface area contributed by atoms with Crippen molar-refractivity contribution in [1.29, 1.82) is 0 Å². The number of carbonyl (C=O) groups is 2. The summed E-state index contributed by atoms with van der Waals surface area (Å²) in [4.78, 5) is 25.7. The monoisotopic (exact) mass is 344 g/mol. The van der Waals surface area contributed by atoms with Crippen molar-refractivity contribution in [3.63, 3.8) is 0 Å². The minimum atomic E-state index is -1.10. The molecule has 1 aromatic heterocycles. The SMILES string of the molecule is O=C1NC[C@]2(C(=O)O)CN(Cc3cc(F)ccc3-n3cccn3)C[C@H]12. The van der Waals surface area contributed by atoms with Crippen molar-refractivity contribution in [3.8, 4) is 5.69 Å². The topological polar surface area (TPSA) is 87.5 Å². The molecule has 3 heterocycles. The number of amides is 1. The third kappa shape index (κ3) is 2.49. The van der Waals surface area contributed by atoms with Crippen LogP contribution in [0.1, 0.15) is 5.56 Å². The molecule has 1 aromatic carbocycles. The van der Waals surface area contributed by atoms with Crippen LogP contribution in [0.25, 0.3) is 5.69 Å². The minimum absolute atomic E-state index is 0.136. The van der Waals surface area contributed by atoms with Crippen LogP contribution in [0.5, 0.6) is 0 Å². The number of halogens is 1. The highest BCUT2D eigenvalue weighted by molar-refractivity contribution is 5.92. The Balaban J connectivity index is 1.63. The second-order valence-electron chi connectivity index (χ2n) is 6.62. The summed E-state index contributed by atoms with van der Waals surface area (Å²) >= 11 is 0. The van der Waals surface area contributed by atoms with Crippen LogP contribution in [0.2, 0.25) is 0 Å². The molecule has 7 nitrogen and oxygen atoms in total. The summed E-state index contributed by atoms with van der Waals surface area (Å²) in [6.07, 6.45) is 3.40. The Kier molecular flexibility index (Phi) is 3.57. The smallest absolute Gasteiger partial charge is 0.313 e. The molecule has 2 aromatic rings. The van der Waals surface area contributed by atoms with Crippen molar-refractivity contribution >= 4 is 11.9 Å². The lowest BCUT2D eigenvalue weighted by atomic mass is 9.81. The second-order valence-corrected chi connectivity index (χ2v) is 6.62. The first-order chi connectivity index (χ1) is 12.0. The van der Waals surface area contributed by atoms with Crippen LogP contribution in [0.15, 0.2) is 36.7 Å². The molecule has 0 unspecified atom stereocenters. The highest BCUT2D eigenvalue weighted by Gasteiger charge is 2.59. The van der Waals surface area contributed by atoms with Crippen LogP contribution in [-0.2, 0) is 16.1 Å². The lowest BCUT2D eigenvalue weighted by Gasteiger charge is -2.22. The number of rotatable bonds is 4. The van der Waals surface area contributed by atoms with Gasteiger partial charge in [-0.05, 0) is 29.8 Å². The van der Waals surface area contributed by atoms with Gasteiger partial charge in [-0.15, -0.1) is 0 Å². The number of likely N-dealkylation sites (tertiary alicyclic amines) is 1. The summed E-state index contributed by atoms with van der Waals surface area (Å²) in [7, 11) is 0. The van der Waals surface area contributed by atoms with Crippen LogP contribution in [0, 0.1) is 17.2 Å². The van der Waals surface area contributed by atoms with Gasteiger partial charge in [0, 0.05) is 38.6 Å². The molecule has 0 bridgehead atoms. The standard InChI is InChI=1S/C17H17FN4O3/c18-12-2-3-14(22-5-1-4-20-22)11(6-12)7-21-8-13-15(23)19-9-17(13,10-21)16(24)25/h1-6,13H,7-10H2,(H,19,23)(H,24,25)/t13-,17+/m1/s1. The van der Waals surface area contributed by atoms with E-state index < -0.39 is 17.3 Å². The number of fused-ring (bicyclic) bond motifs is 1. The summed E-state index contributed by atoms with van der Waals surface area (Å²) in [6.45, 7) is 1.08. The van der Waals surface area contributed by atoms with Gasteiger partial charge >= 0.3 is 5.97 Å². The molecule has 25 heavy (non-hydrogen) atoms. The number of hydrogen-bond acceptors (Lipinski definition) is 4. The first kappa shape index (κ1) is 15.8. The van der Waals surface area contributed by atoms with E-state index in [2.05, 4.69) is 10.4 Å². The third-order valence-corrected chi connectivity index (χ3v) is 5.12. The van der Waals surface area contributed by atoms with Gasteiger partial charge in [0.25, 0.3) is 0 Å². The highest BCUT2D eigenvalue weighted by atomic mass is 19.1. The molecule has 8 heteroatoms. The molecule has 2 aliphatic heterocycles. The van der Waals surface area contributed by atoms with E-state index in [1.165, 1.54) is 12.1 Å². The normalized spacial score (nSPS) is 25.8. The van der Waals surface area contributed by atoms with Gasteiger partial charge in [0.15, 0.2) is 0 Å². The Morgan fingerprint density at radius 3 is 3.00 bits per heavy atom. The Hall–Kier alpha value is -2.74.